The van der Waals surface area contributed by atoms with Gasteiger partial charge < -0.3 is 9.47 Å². The van der Waals surface area contributed by atoms with E-state index in [2.05, 4.69) is 24.3 Å². The van der Waals surface area contributed by atoms with Gasteiger partial charge in [0.2, 0.25) is 0 Å². The lowest BCUT2D eigenvalue weighted by Crippen LogP contribution is -2.34. The Morgan fingerprint density at radius 1 is 1.17 bits per heavy atom. The van der Waals surface area contributed by atoms with Gasteiger partial charge >= 0.3 is 0 Å². The standard InChI is InChI=1S/C20H25NO2/c1-22-18-7-6-16(12-17(18)15-4-2-3-5-15)19(13-21)8-10-20(11-9-19)14-23-20/h6-7,12,15H,2-5,8-11,14H2,1H3. The molecule has 4 rings (SSSR count). The van der Waals surface area contributed by atoms with Crippen molar-refractivity contribution in [2.75, 3.05) is 13.7 Å². The van der Waals surface area contributed by atoms with Crippen LogP contribution < -0.4 is 4.74 Å². The summed E-state index contributed by atoms with van der Waals surface area (Å²) in [6.45, 7) is 0.893. The average Bonchev–Trinajstić information content (AvgIpc) is 3.14. The Hall–Kier alpha value is -1.53. The molecule has 1 aromatic carbocycles. The molecule has 122 valence electrons. The van der Waals surface area contributed by atoms with Crippen LogP contribution in [0, 0.1) is 11.3 Å². The molecule has 1 aliphatic heterocycles. The minimum atomic E-state index is -0.336. The molecule has 3 heteroatoms. The number of benzene rings is 1. The number of ether oxygens (including phenoxy) is 2. The third-order valence-corrected chi connectivity index (χ3v) is 6.36. The van der Waals surface area contributed by atoms with Crippen LogP contribution in [0.2, 0.25) is 0 Å². The van der Waals surface area contributed by atoms with Gasteiger partial charge in [-0.05, 0) is 61.6 Å². The third-order valence-electron chi connectivity index (χ3n) is 6.36. The van der Waals surface area contributed by atoms with E-state index in [1.165, 1.54) is 36.8 Å². The summed E-state index contributed by atoms with van der Waals surface area (Å²) in [6, 6.07) is 9.14. The molecule has 3 nitrogen and oxygen atoms in total. The van der Waals surface area contributed by atoms with E-state index < -0.39 is 0 Å². The maximum Gasteiger partial charge on any atom is 0.122 e. The minimum absolute atomic E-state index is 0.126. The molecule has 0 atom stereocenters. The molecule has 1 spiro atoms. The predicted molar refractivity (Wildman–Crippen MR) is 88.6 cm³/mol. The first kappa shape index (κ1) is 15.0. The zero-order valence-electron chi connectivity index (χ0n) is 13.9. The lowest BCUT2D eigenvalue weighted by atomic mass is 9.67. The fourth-order valence-electron chi connectivity index (χ4n) is 4.58. The summed E-state index contributed by atoms with van der Waals surface area (Å²) in [5.74, 6) is 1.59. The number of epoxide rings is 1. The minimum Gasteiger partial charge on any atom is -0.496 e. The second-order valence-corrected chi connectivity index (χ2v) is 7.60. The van der Waals surface area contributed by atoms with Gasteiger partial charge in [-0.25, -0.2) is 0 Å². The number of nitriles is 1. The maximum atomic E-state index is 9.95. The first-order valence-electron chi connectivity index (χ1n) is 8.94. The molecule has 0 amide bonds. The summed E-state index contributed by atoms with van der Waals surface area (Å²) in [5, 5.41) is 9.95. The Bertz CT molecular complexity index is 626. The molecular formula is C20H25NO2. The van der Waals surface area contributed by atoms with E-state index in [1.807, 2.05) is 0 Å². The molecule has 3 aliphatic rings. The van der Waals surface area contributed by atoms with E-state index in [0.717, 1.165) is 38.0 Å². The van der Waals surface area contributed by atoms with Crippen molar-refractivity contribution in [3.05, 3.63) is 29.3 Å². The number of hydrogen-bond acceptors (Lipinski definition) is 3. The molecule has 2 saturated carbocycles. The van der Waals surface area contributed by atoms with Gasteiger partial charge in [0.15, 0.2) is 0 Å². The summed E-state index contributed by atoms with van der Waals surface area (Å²) in [5.41, 5.74) is 2.30. The van der Waals surface area contributed by atoms with E-state index in [1.54, 1.807) is 7.11 Å². The summed E-state index contributed by atoms with van der Waals surface area (Å²) in [6.07, 6.45) is 8.98. The number of hydrogen-bond donors (Lipinski definition) is 0. The summed E-state index contributed by atoms with van der Waals surface area (Å²) >= 11 is 0. The van der Waals surface area contributed by atoms with E-state index in [9.17, 15) is 5.26 Å². The van der Waals surface area contributed by atoms with Crippen molar-refractivity contribution in [1.29, 1.82) is 5.26 Å². The van der Waals surface area contributed by atoms with E-state index in [-0.39, 0.29) is 11.0 Å². The SMILES string of the molecule is COc1ccc(C2(C#N)CCC3(CC2)CO3)cc1C1CCCC1. The number of methoxy groups -OCH3 is 1. The van der Waals surface area contributed by atoms with Crippen molar-refractivity contribution in [2.24, 2.45) is 0 Å². The Labute approximate surface area is 138 Å². The highest BCUT2D eigenvalue weighted by molar-refractivity contribution is 5.45. The first-order valence-corrected chi connectivity index (χ1v) is 8.94. The smallest absolute Gasteiger partial charge is 0.122 e. The fourth-order valence-corrected chi connectivity index (χ4v) is 4.58. The molecule has 2 aliphatic carbocycles. The Balaban J connectivity index is 1.67. The topological polar surface area (TPSA) is 45.5 Å². The zero-order chi connectivity index (χ0) is 15.9. The van der Waals surface area contributed by atoms with Gasteiger partial charge in [0, 0.05) is 0 Å². The van der Waals surface area contributed by atoms with Crippen LogP contribution in [-0.4, -0.2) is 19.3 Å². The lowest BCUT2D eigenvalue weighted by molar-refractivity contribution is 0.200. The Morgan fingerprint density at radius 2 is 1.87 bits per heavy atom. The van der Waals surface area contributed by atoms with Crippen LogP contribution in [0.3, 0.4) is 0 Å². The van der Waals surface area contributed by atoms with Crippen LogP contribution in [0.25, 0.3) is 0 Å². The van der Waals surface area contributed by atoms with Gasteiger partial charge in [-0.2, -0.15) is 5.26 Å². The van der Waals surface area contributed by atoms with Crippen LogP contribution >= 0.6 is 0 Å². The van der Waals surface area contributed by atoms with Gasteiger partial charge in [0.25, 0.3) is 0 Å². The highest BCUT2D eigenvalue weighted by Crippen LogP contribution is 2.50. The van der Waals surface area contributed by atoms with Crippen LogP contribution in [0.4, 0.5) is 0 Å². The van der Waals surface area contributed by atoms with E-state index >= 15 is 0 Å². The quantitative estimate of drug-likeness (QED) is 0.774. The van der Waals surface area contributed by atoms with Crippen LogP contribution in [0.15, 0.2) is 18.2 Å². The predicted octanol–water partition coefficient (Wildman–Crippen LogP) is 4.46. The second-order valence-electron chi connectivity index (χ2n) is 7.60. The van der Waals surface area contributed by atoms with Gasteiger partial charge in [0.05, 0.1) is 30.8 Å². The second kappa shape index (κ2) is 5.53. The Kier molecular flexibility index (Phi) is 3.61. The normalized spacial score (nSPS) is 33.6. The lowest BCUT2D eigenvalue weighted by Gasteiger charge is -2.34. The highest BCUT2D eigenvalue weighted by atomic mass is 16.6. The van der Waals surface area contributed by atoms with Crippen molar-refractivity contribution in [1.82, 2.24) is 0 Å². The summed E-state index contributed by atoms with van der Waals surface area (Å²) in [7, 11) is 1.75. The number of nitrogens with zero attached hydrogens (tertiary/aromatic N) is 1. The van der Waals surface area contributed by atoms with Crippen LogP contribution in [0.1, 0.15) is 68.4 Å². The van der Waals surface area contributed by atoms with Crippen LogP contribution in [0.5, 0.6) is 5.75 Å². The molecule has 3 fully saturated rings. The fraction of sp³-hybridized carbons (Fsp3) is 0.650. The molecule has 0 N–H and O–H groups in total. The van der Waals surface area contributed by atoms with Gasteiger partial charge in [-0.1, -0.05) is 25.0 Å². The molecular weight excluding hydrogens is 286 g/mol. The highest BCUT2D eigenvalue weighted by Gasteiger charge is 2.52. The van der Waals surface area contributed by atoms with Crippen molar-refractivity contribution in [3.8, 4) is 11.8 Å². The largest absolute Gasteiger partial charge is 0.496 e. The van der Waals surface area contributed by atoms with Gasteiger partial charge in [0.1, 0.15) is 5.75 Å². The molecule has 1 heterocycles. The molecule has 23 heavy (non-hydrogen) atoms. The van der Waals surface area contributed by atoms with Crippen molar-refractivity contribution in [2.45, 2.75) is 68.3 Å². The summed E-state index contributed by atoms with van der Waals surface area (Å²) in [4.78, 5) is 0. The zero-order valence-corrected chi connectivity index (χ0v) is 13.9. The van der Waals surface area contributed by atoms with E-state index in [4.69, 9.17) is 9.47 Å². The number of rotatable bonds is 3. The molecule has 0 aromatic heterocycles. The first-order chi connectivity index (χ1) is 11.2. The average molecular weight is 311 g/mol. The van der Waals surface area contributed by atoms with Crippen molar-refractivity contribution in [3.63, 3.8) is 0 Å². The Morgan fingerprint density at radius 3 is 2.43 bits per heavy atom. The maximum absolute atomic E-state index is 9.95. The molecule has 0 unspecified atom stereocenters. The third kappa shape index (κ3) is 2.54. The monoisotopic (exact) mass is 311 g/mol. The van der Waals surface area contributed by atoms with Gasteiger partial charge in [-0.15, -0.1) is 0 Å². The van der Waals surface area contributed by atoms with E-state index in [0.29, 0.717) is 5.92 Å². The summed E-state index contributed by atoms with van der Waals surface area (Å²) < 4.78 is 11.2. The van der Waals surface area contributed by atoms with Gasteiger partial charge in [-0.3, -0.25) is 0 Å². The molecule has 1 saturated heterocycles. The van der Waals surface area contributed by atoms with Crippen molar-refractivity contribution < 1.29 is 9.47 Å². The molecule has 1 aromatic rings. The van der Waals surface area contributed by atoms with Crippen molar-refractivity contribution >= 4 is 0 Å². The molecule has 0 radical (unpaired) electrons. The van der Waals surface area contributed by atoms with Crippen LogP contribution in [-0.2, 0) is 10.2 Å². The molecule has 0 bridgehead atoms.